The van der Waals surface area contributed by atoms with Crippen LogP contribution in [0.25, 0.3) is 0 Å². The zero-order valence-electron chi connectivity index (χ0n) is 5.37. The molecule has 0 atom stereocenters. The first-order valence-corrected chi connectivity index (χ1v) is 3.20. The first kappa shape index (κ1) is 8.18. The Labute approximate surface area is 66.9 Å². The summed E-state index contributed by atoms with van der Waals surface area (Å²) in [6, 6.07) is 0. The molecule has 0 saturated carbocycles. The van der Waals surface area contributed by atoms with Crippen molar-refractivity contribution in [2.75, 3.05) is 0 Å². The standard InChI is InChI=1S/C4H5BN2O3S/c8-3-2(5(9)10)1-6-4(11)7-3/h1,9-10H,(H2,6,7,8,11). The molecule has 0 spiro atoms. The molecule has 0 bridgehead atoms. The van der Waals surface area contributed by atoms with Crippen molar-refractivity contribution in [3.63, 3.8) is 0 Å². The second-order valence-corrected chi connectivity index (χ2v) is 2.31. The predicted octanol–water partition coefficient (Wildman–Crippen LogP) is -1.89. The van der Waals surface area contributed by atoms with Crippen LogP contribution in [0.3, 0.4) is 0 Å². The van der Waals surface area contributed by atoms with E-state index in [1.54, 1.807) is 0 Å². The van der Waals surface area contributed by atoms with Gasteiger partial charge in [-0.2, -0.15) is 0 Å². The molecular formula is C4H5BN2O3S. The summed E-state index contributed by atoms with van der Waals surface area (Å²) in [5.41, 5.74) is -0.748. The van der Waals surface area contributed by atoms with E-state index in [1.165, 1.54) is 0 Å². The van der Waals surface area contributed by atoms with Gasteiger partial charge in [-0.15, -0.1) is 0 Å². The van der Waals surface area contributed by atoms with Crippen molar-refractivity contribution in [1.29, 1.82) is 0 Å². The summed E-state index contributed by atoms with van der Waals surface area (Å²) in [6.45, 7) is 0. The third kappa shape index (κ3) is 1.76. The summed E-state index contributed by atoms with van der Waals surface area (Å²) in [5, 5.41) is 17.2. The highest BCUT2D eigenvalue weighted by atomic mass is 32.1. The largest absolute Gasteiger partial charge is 0.495 e. The Morgan fingerprint density at radius 1 is 1.55 bits per heavy atom. The molecule has 0 fully saturated rings. The highest BCUT2D eigenvalue weighted by Gasteiger charge is 2.14. The van der Waals surface area contributed by atoms with Crippen LogP contribution in [0.1, 0.15) is 0 Å². The lowest BCUT2D eigenvalue weighted by Crippen LogP contribution is -2.42. The molecule has 4 N–H and O–H groups in total. The number of nitrogens with one attached hydrogen (secondary N) is 2. The second kappa shape index (κ2) is 2.99. The molecule has 0 aliphatic carbocycles. The molecular weight excluding hydrogens is 167 g/mol. The van der Waals surface area contributed by atoms with Gasteiger partial charge in [0.15, 0.2) is 4.77 Å². The summed E-state index contributed by atoms with van der Waals surface area (Å²) < 4.78 is 0.152. The van der Waals surface area contributed by atoms with Crippen LogP contribution in [0.2, 0.25) is 0 Å². The molecule has 0 amide bonds. The van der Waals surface area contributed by atoms with Gasteiger partial charge in [0.05, 0.1) is 5.46 Å². The molecule has 11 heavy (non-hydrogen) atoms. The molecule has 0 saturated heterocycles. The Hall–Kier alpha value is -0.915. The number of H-pyrrole nitrogens is 2. The van der Waals surface area contributed by atoms with Crippen LogP contribution in [0.15, 0.2) is 11.0 Å². The summed E-state index contributed by atoms with van der Waals surface area (Å²) in [6.07, 6.45) is 1.16. The minimum Gasteiger partial charge on any atom is -0.423 e. The fourth-order valence-electron chi connectivity index (χ4n) is 0.612. The van der Waals surface area contributed by atoms with Gasteiger partial charge in [-0.3, -0.25) is 9.78 Å². The van der Waals surface area contributed by atoms with Crippen molar-refractivity contribution in [3.05, 3.63) is 21.3 Å². The summed E-state index contributed by atoms with van der Waals surface area (Å²) in [5.74, 6) is 0. The van der Waals surface area contributed by atoms with Crippen LogP contribution < -0.4 is 11.0 Å². The second-order valence-electron chi connectivity index (χ2n) is 1.90. The molecule has 1 heterocycles. The third-order valence-electron chi connectivity index (χ3n) is 1.13. The van der Waals surface area contributed by atoms with E-state index in [0.717, 1.165) is 6.20 Å². The lowest BCUT2D eigenvalue weighted by Gasteiger charge is -1.94. The van der Waals surface area contributed by atoms with Gasteiger partial charge in [-0.05, 0) is 12.2 Å². The minimum absolute atomic E-state index is 0.152. The lowest BCUT2D eigenvalue weighted by atomic mass is 9.82. The minimum atomic E-state index is -1.77. The van der Waals surface area contributed by atoms with E-state index in [1.807, 2.05) is 0 Å². The predicted molar refractivity (Wildman–Crippen MR) is 42.1 cm³/mol. The van der Waals surface area contributed by atoms with Crippen LogP contribution in [0.4, 0.5) is 0 Å². The molecule has 1 rings (SSSR count). The Morgan fingerprint density at radius 2 is 2.18 bits per heavy atom. The third-order valence-corrected chi connectivity index (χ3v) is 1.35. The Balaban J connectivity index is 3.32. The molecule has 0 aliphatic heterocycles. The van der Waals surface area contributed by atoms with Gasteiger partial charge in [0.2, 0.25) is 0 Å². The Bertz CT molecular complexity index is 357. The quantitative estimate of drug-likeness (QED) is 0.294. The lowest BCUT2D eigenvalue weighted by molar-refractivity contribution is 0.425. The van der Waals surface area contributed by atoms with Gasteiger partial charge in [-0.25, -0.2) is 0 Å². The average Bonchev–Trinajstić information content (AvgIpc) is 1.85. The van der Waals surface area contributed by atoms with Gasteiger partial charge in [0.25, 0.3) is 5.56 Å². The maximum Gasteiger partial charge on any atom is 0.495 e. The number of hydrogen-bond donors (Lipinski definition) is 4. The average molecular weight is 172 g/mol. The van der Waals surface area contributed by atoms with Crippen LogP contribution in [-0.2, 0) is 0 Å². The van der Waals surface area contributed by atoms with Gasteiger partial charge in [0.1, 0.15) is 0 Å². The molecule has 1 aromatic rings. The van der Waals surface area contributed by atoms with Crippen LogP contribution in [0, 0.1) is 4.77 Å². The van der Waals surface area contributed by atoms with Gasteiger partial charge in [0, 0.05) is 6.20 Å². The monoisotopic (exact) mass is 172 g/mol. The zero-order valence-corrected chi connectivity index (χ0v) is 6.18. The van der Waals surface area contributed by atoms with Gasteiger partial charge in [-0.1, -0.05) is 0 Å². The number of hydrogen-bond acceptors (Lipinski definition) is 4. The first-order chi connectivity index (χ1) is 5.11. The molecule has 0 radical (unpaired) electrons. The smallest absolute Gasteiger partial charge is 0.423 e. The van der Waals surface area contributed by atoms with Crippen molar-refractivity contribution in [1.82, 2.24) is 9.97 Å². The molecule has 58 valence electrons. The fraction of sp³-hybridized carbons (Fsp3) is 0. The van der Waals surface area contributed by atoms with E-state index < -0.39 is 12.7 Å². The summed E-state index contributed by atoms with van der Waals surface area (Å²) in [4.78, 5) is 15.5. The van der Waals surface area contributed by atoms with Crippen molar-refractivity contribution in [2.45, 2.75) is 0 Å². The molecule has 0 aliphatic rings. The maximum atomic E-state index is 10.8. The molecule has 0 aromatic carbocycles. The highest BCUT2D eigenvalue weighted by Crippen LogP contribution is 1.71. The Morgan fingerprint density at radius 3 is 2.64 bits per heavy atom. The van der Waals surface area contributed by atoms with E-state index in [9.17, 15) is 4.79 Å². The van der Waals surface area contributed by atoms with E-state index in [4.69, 9.17) is 10.0 Å². The van der Waals surface area contributed by atoms with E-state index in [-0.39, 0.29) is 10.2 Å². The van der Waals surface area contributed by atoms with Crippen molar-refractivity contribution in [2.24, 2.45) is 0 Å². The fourth-order valence-corrected chi connectivity index (χ4v) is 0.764. The van der Waals surface area contributed by atoms with Crippen molar-refractivity contribution in [3.8, 4) is 0 Å². The maximum absolute atomic E-state index is 10.8. The highest BCUT2D eigenvalue weighted by molar-refractivity contribution is 7.71. The SMILES string of the molecule is O=c1[nH]c(=S)[nH]cc1B(O)O. The van der Waals surface area contributed by atoms with Crippen LogP contribution in [0.5, 0.6) is 0 Å². The van der Waals surface area contributed by atoms with E-state index >= 15 is 0 Å². The number of aromatic nitrogens is 2. The Kier molecular flexibility index (Phi) is 2.23. The van der Waals surface area contributed by atoms with E-state index in [2.05, 4.69) is 22.2 Å². The molecule has 5 nitrogen and oxygen atoms in total. The molecule has 0 unspecified atom stereocenters. The van der Waals surface area contributed by atoms with Crippen molar-refractivity contribution < 1.29 is 10.0 Å². The number of aromatic amines is 2. The summed E-state index contributed by atoms with van der Waals surface area (Å²) >= 11 is 4.57. The topological polar surface area (TPSA) is 89.1 Å². The van der Waals surface area contributed by atoms with Crippen LogP contribution >= 0.6 is 12.2 Å². The van der Waals surface area contributed by atoms with E-state index in [0.29, 0.717) is 0 Å². The van der Waals surface area contributed by atoms with Crippen LogP contribution in [-0.4, -0.2) is 27.1 Å². The van der Waals surface area contributed by atoms with Gasteiger partial charge >= 0.3 is 7.12 Å². The van der Waals surface area contributed by atoms with Crippen molar-refractivity contribution >= 4 is 24.8 Å². The van der Waals surface area contributed by atoms with Gasteiger partial charge < -0.3 is 15.0 Å². The first-order valence-electron chi connectivity index (χ1n) is 2.79. The summed E-state index contributed by atoms with van der Waals surface area (Å²) in [7, 11) is -1.77. The molecule has 1 aromatic heterocycles. The molecule has 7 heteroatoms. The zero-order chi connectivity index (χ0) is 8.43. The number of rotatable bonds is 1. The normalized spacial score (nSPS) is 9.64.